The van der Waals surface area contributed by atoms with E-state index in [-0.39, 0.29) is 17.0 Å². The van der Waals surface area contributed by atoms with Crippen LogP contribution in [0.1, 0.15) is 30.8 Å². The van der Waals surface area contributed by atoms with E-state index in [9.17, 15) is 13.2 Å². The van der Waals surface area contributed by atoms with Gasteiger partial charge < -0.3 is 8.83 Å². The first kappa shape index (κ1) is 17.1. The Labute approximate surface area is 150 Å². The molecule has 0 saturated heterocycles. The first-order chi connectivity index (χ1) is 12.3. The number of aryl methyl sites for hydroxylation is 1. The molecule has 2 aromatic heterocycles. The molecule has 0 bridgehead atoms. The summed E-state index contributed by atoms with van der Waals surface area (Å²) in [7, 11) is -0.661. The topological polar surface area (TPSA) is 85.7 Å². The average molecular weight is 376 g/mol. The maximum atomic E-state index is 12.8. The van der Waals surface area contributed by atoms with Crippen molar-refractivity contribution in [2.45, 2.75) is 30.7 Å². The van der Waals surface area contributed by atoms with Crippen LogP contribution in [-0.4, -0.2) is 24.3 Å². The molecule has 1 aromatic carbocycles. The molecule has 3 aromatic rings. The number of hydrogen-bond donors (Lipinski definition) is 0. The van der Waals surface area contributed by atoms with Crippen molar-refractivity contribution in [3.63, 3.8) is 0 Å². The van der Waals surface area contributed by atoms with Crippen LogP contribution in [0.25, 0.3) is 11.1 Å². The van der Waals surface area contributed by atoms with Crippen molar-refractivity contribution >= 4 is 21.1 Å². The number of aromatic nitrogens is 1. The predicted octanol–water partition coefficient (Wildman–Crippen LogP) is 2.67. The Morgan fingerprint density at radius 3 is 2.65 bits per heavy atom. The zero-order valence-electron chi connectivity index (χ0n) is 14.8. The third-order valence-corrected chi connectivity index (χ3v) is 6.81. The van der Waals surface area contributed by atoms with Gasteiger partial charge in [-0.2, -0.15) is 4.31 Å². The average Bonchev–Trinajstić information content (AvgIpc) is 3.02. The monoisotopic (exact) mass is 376 g/mol. The highest BCUT2D eigenvalue weighted by Gasteiger charge is 2.36. The summed E-state index contributed by atoms with van der Waals surface area (Å²) in [6.07, 6.45) is 1.11. The second kappa shape index (κ2) is 5.85. The van der Waals surface area contributed by atoms with Gasteiger partial charge in [0.1, 0.15) is 11.5 Å². The summed E-state index contributed by atoms with van der Waals surface area (Å²) in [4.78, 5) is 11.7. The molecule has 1 aliphatic carbocycles. The van der Waals surface area contributed by atoms with Crippen LogP contribution in [0.5, 0.6) is 0 Å². The molecule has 1 aliphatic rings. The van der Waals surface area contributed by atoms with Crippen LogP contribution >= 0.6 is 0 Å². The van der Waals surface area contributed by atoms with Gasteiger partial charge in [0, 0.05) is 26.1 Å². The van der Waals surface area contributed by atoms with Crippen molar-refractivity contribution in [1.82, 2.24) is 8.87 Å². The molecule has 8 heteroatoms. The zero-order chi connectivity index (χ0) is 18.6. The Morgan fingerprint density at radius 1 is 1.23 bits per heavy atom. The number of nitrogens with zero attached hydrogens (tertiary/aromatic N) is 2. The minimum absolute atomic E-state index is 0.0736. The van der Waals surface area contributed by atoms with Gasteiger partial charge in [-0.25, -0.2) is 13.2 Å². The van der Waals surface area contributed by atoms with Gasteiger partial charge in [-0.3, -0.25) is 4.57 Å². The highest BCUT2D eigenvalue weighted by atomic mass is 32.2. The molecule has 138 valence electrons. The lowest BCUT2D eigenvalue weighted by molar-refractivity contribution is 0.390. The van der Waals surface area contributed by atoms with E-state index in [0.717, 1.165) is 12.2 Å². The highest BCUT2D eigenvalue weighted by Crippen LogP contribution is 2.47. The maximum Gasteiger partial charge on any atom is 0.419 e. The Balaban J connectivity index is 1.59. The van der Waals surface area contributed by atoms with Crippen LogP contribution in [0.15, 0.2) is 48.9 Å². The minimum atomic E-state index is -3.74. The quantitative estimate of drug-likeness (QED) is 0.683. The van der Waals surface area contributed by atoms with E-state index < -0.39 is 15.8 Å². The lowest BCUT2D eigenvalue weighted by Gasteiger charge is -2.16. The number of furan rings is 1. The van der Waals surface area contributed by atoms with Crippen molar-refractivity contribution in [2.24, 2.45) is 13.0 Å². The van der Waals surface area contributed by atoms with E-state index in [1.165, 1.54) is 28.1 Å². The van der Waals surface area contributed by atoms with Crippen molar-refractivity contribution in [3.05, 3.63) is 52.4 Å². The fraction of sp³-hybridized carbons (Fsp3) is 0.389. The molecule has 0 unspecified atom stereocenters. The molecule has 1 saturated carbocycles. The second-order valence-electron chi connectivity index (χ2n) is 6.94. The predicted molar refractivity (Wildman–Crippen MR) is 95.3 cm³/mol. The molecular weight excluding hydrogens is 356 g/mol. The number of oxazole rings is 1. The fourth-order valence-electron chi connectivity index (χ4n) is 3.16. The highest BCUT2D eigenvalue weighted by molar-refractivity contribution is 7.89. The van der Waals surface area contributed by atoms with Crippen molar-refractivity contribution in [1.29, 1.82) is 0 Å². The summed E-state index contributed by atoms with van der Waals surface area (Å²) in [6, 6.07) is 8.17. The van der Waals surface area contributed by atoms with Gasteiger partial charge >= 0.3 is 5.76 Å². The fourth-order valence-corrected chi connectivity index (χ4v) is 4.31. The Kier molecular flexibility index (Phi) is 3.85. The molecule has 26 heavy (non-hydrogen) atoms. The number of fused-ring (bicyclic) bond motifs is 1. The molecule has 1 fully saturated rings. The third-order valence-electron chi connectivity index (χ3n) is 5.01. The number of rotatable bonds is 5. The molecule has 7 nitrogen and oxygen atoms in total. The van der Waals surface area contributed by atoms with Gasteiger partial charge in [-0.1, -0.05) is 6.92 Å². The Bertz CT molecular complexity index is 1140. The minimum Gasteiger partial charge on any atom is -0.464 e. The van der Waals surface area contributed by atoms with Crippen molar-refractivity contribution in [3.8, 4) is 0 Å². The lowest BCUT2D eigenvalue weighted by Crippen LogP contribution is -2.26. The molecule has 0 N–H and O–H groups in total. The van der Waals surface area contributed by atoms with E-state index in [0.29, 0.717) is 23.1 Å². The second-order valence-corrected chi connectivity index (χ2v) is 8.99. The molecule has 0 spiro atoms. The SMILES string of the molecule is C[C@@H]1C[C@@H]1c1ccc(CN(C)S(=O)(=O)c2ccc3c(c2)oc(=O)n3C)o1. The first-order valence-corrected chi connectivity index (χ1v) is 9.86. The molecule has 4 rings (SSSR count). The van der Waals surface area contributed by atoms with Gasteiger partial charge in [0.15, 0.2) is 5.58 Å². The van der Waals surface area contributed by atoms with E-state index in [1.807, 2.05) is 12.1 Å². The van der Waals surface area contributed by atoms with Crippen LogP contribution in [0, 0.1) is 5.92 Å². The van der Waals surface area contributed by atoms with Crippen LogP contribution in [0.2, 0.25) is 0 Å². The summed E-state index contributed by atoms with van der Waals surface area (Å²) < 4.78 is 39.1. The molecule has 0 radical (unpaired) electrons. The summed E-state index contributed by atoms with van der Waals surface area (Å²) in [5, 5.41) is 0. The van der Waals surface area contributed by atoms with E-state index in [1.54, 1.807) is 13.1 Å². The first-order valence-electron chi connectivity index (χ1n) is 8.42. The molecule has 0 amide bonds. The lowest BCUT2D eigenvalue weighted by atomic mass is 10.3. The van der Waals surface area contributed by atoms with Gasteiger partial charge in [0.25, 0.3) is 0 Å². The normalized spacial score (nSPS) is 20.2. The summed E-state index contributed by atoms with van der Waals surface area (Å²) >= 11 is 0. The number of hydrogen-bond acceptors (Lipinski definition) is 5. The van der Waals surface area contributed by atoms with Gasteiger partial charge in [-0.05, 0) is 36.6 Å². The van der Waals surface area contributed by atoms with Crippen molar-refractivity contribution < 1.29 is 17.3 Å². The van der Waals surface area contributed by atoms with Crippen LogP contribution < -0.4 is 5.76 Å². The summed E-state index contributed by atoms with van der Waals surface area (Å²) in [5.41, 5.74) is 0.792. The standard InChI is InChI=1S/C18H20N2O5S/c1-11-8-14(11)16-7-4-12(24-16)10-19(2)26(22,23)13-5-6-15-17(9-13)25-18(21)20(15)3/h4-7,9,11,14H,8,10H2,1-3H3/t11-,14+/m1/s1. The van der Waals surface area contributed by atoms with Crippen LogP contribution in [-0.2, 0) is 23.6 Å². The van der Waals surface area contributed by atoms with Crippen molar-refractivity contribution in [2.75, 3.05) is 7.05 Å². The number of sulfonamides is 1. The largest absolute Gasteiger partial charge is 0.464 e. The summed E-state index contributed by atoms with van der Waals surface area (Å²) in [6.45, 7) is 2.31. The molecule has 2 atom stereocenters. The third kappa shape index (κ3) is 2.79. The molecular formula is C18H20N2O5S. The zero-order valence-corrected chi connectivity index (χ0v) is 15.6. The van der Waals surface area contributed by atoms with Gasteiger partial charge in [0.05, 0.1) is 17.0 Å². The van der Waals surface area contributed by atoms with E-state index in [2.05, 4.69) is 6.92 Å². The van der Waals surface area contributed by atoms with Gasteiger partial charge in [0.2, 0.25) is 10.0 Å². The van der Waals surface area contributed by atoms with E-state index >= 15 is 0 Å². The maximum absolute atomic E-state index is 12.8. The summed E-state index contributed by atoms with van der Waals surface area (Å²) in [5.74, 6) is 2.08. The Hall–Kier alpha value is -2.32. The van der Waals surface area contributed by atoms with Gasteiger partial charge in [-0.15, -0.1) is 0 Å². The Morgan fingerprint density at radius 2 is 1.96 bits per heavy atom. The smallest absolute Gasteiger partial charge is 0.419 e. The molecule has 2 heterocycles. The molecule has 0 aliphatic heterocycles. The van der Waals surface area contributed by atoms with E-state index in [4.69, 9.17) is 8.83 Å². The van der Waals surface area contributed by atoms with Crippen LogP contribution in [0.4, 0.5) is 0 Å². The van der Waals surface area contributed by atoms with Crippen LogP contribution in [0.3, 0.4) is 0 Å². The number of benzene rings is 1.